The minimum Gasteiger partial charge on any atom is -0.493 e. The summed E-state index contributed by atoms with van der Waals surface area (Å²) in [6.45, 7) is 6.72. The van der Waals surface area contributed by atoms with Gasteiger partial charge in [-0.15, -0.1) is 0 Å². The maximum atomic E-state index is 12.6. The Balaban J connectivity index is 1.77. The number of rotatable bonds is 5. The van der Waals surface area contributed by atoms with E-state index in [1.165, 1.54) is 18.5 Å². The normalized spacial score (nSPS) is 13.8. The van der Waals surface area contributed by atoms with Crippen LogP contribution in [0.25, 0.3) is 0 Å². The van der Waals surface area contributed by atoms with Crippen molar-refractivity contribution in [3.8, 4) is 5.75 Å². The molecule has 1 heterocycles. The predicted octanol–water partition coefficient (Wildman–Crippen LogP) is 4.25. The van der Waals surface area contributed by atoms with Crippen molar-refractivity contribution in [2.24, 2.45) is 0 Å². The van der Waals surface area contributed by atoms with Crippen LogP contribution in [0.5, 0.6) is 5.75 Å². The lowest BCUT2D eigenvalue weighted by Crippen LogP contribution is -2.18. The Morgan fingerprint density at radius 3 is 2.62 bits per heavy atom. The van der Waals surface area contributed by atoms with Gasteiger partial charge in [-0.25, -0.2) is 0 Å². The zero-order valence-electron chi connectivity index (χ0n) is 14.3. The van der Waals surface area contributed by atoms with E-state index in [-0.39, 0.29) is 5.91 Å². The molecule has 0 spiro atoms. The van der Waals surface area contributed by atoms with Crippen LogP contribution >= 0.6 is 0 Å². The maximum Gasteiger partial charge on any atom is 0.259 e. The Morgan fingerprint density at radius 2 is 1.92 bits per heavy atom. The molecule has 24 heavy (non-hydrogen) atoms. The van der Waals surface area contributed by atoms with E-state index in [0.717, 1.165) is 24.3 Å². The quantitative estimate of drug-likeness (QED) is 0.894. The van der Waals surface area contributed by atoms with Crippen molar-refractivity contribution < 1.29 is 9.53 Å². The zero-order valence-corrected chi connectivity index (χ0v) is 14.3. The van der Waals surface area contributed by atoms with Gasteiger partial charge in [-0.3, -0.25) is 4.79 Å². The average molecular weight is 324 g/mol. The summed E-state index contributed by atoms with van der Waals surface area (Å²) < 4.78 is 5.55. The SMILES string of the molecule is CCOc1ccccc1C(=O)Nc1ccc(N2CCCC2)cc1C. The number of carbonyl (C=O) groups is 1. The van der Waals surface area contributed by atoms with Gasteiger partial charge in [-0.2, -0.15) is 0 Å². The number of hydrogen-bond acceptors (Lipinski definition) is 3. The molecule has 2 aromatic rings. The van der Waals surface area contributed by atoms with Crippen LogP contribution in [-0.2, 0) is 0 Å². The fourth-order valence-corrected chi connectivity index (χ4v) is 3.09. The molecule has 0 aromatic heterocycles. The molecule has 4 heteroatoms. The number of para-hydroxylation sites is 1. The van der Waals surface area contributed by atoms with Crippen molar-refractivity contribution in [2.75, 3.05) is 29.9 Å². The van der Waals surface area contributed by atoms with Crippen LogP contribution in [0.2, 0.25) is 0 Å². The number of anilines is 2. The monoisotopic (exact) mass is 324 g/mol. The van der Waals surface area contributed by atoms with Gasteiger partial charge >= 0.3 is 0 Å². The molecule has 4 nitrogen and oxygen atoms in total. The van der Waals surface area contributed by atoms with E-state index in [4.69, 9.17) is 4.74 Å². The molecule has 0 radical (unpaired) electrons. The molecule has 0 saturated carbocycles. The number of aryl methyl sites for hydroxylation is 1. The van der Waals surface area contributed by atoms with Gasteiger partial charge in [0.25, 0.3) is 5.91 Å². The van der Waals surface area contributed by atoms with E-state index >= 15 is 0 Å². The van der Waals surface area contributed by atoms with Gasteiger partial charge in [-0.05, 0) is 62.6 Å². The highest BCUT2D eigenvalue weighted by molar-refractivity contribution is 6.06. The highest BCUT2D eigenvalue weighted by atomic mass is 16.5. The van der Waals surface area contributed by atoms with Crippen molar-refractivity contribution in [1.82, 2.24) is 0 Å². The number of amides is 1. The first-order valence-electron chi connectivity index (χ1n) is 8.58. The number of ether oxygens (including phenoxy) is 1. The highest BCUT2D eigenvalue weighted by Crippen LogP contribution is 2.26. The highest BCUT2D eigenvalue weighted by Gasteiger charge is 2.15. The number of hydrogen-bond donors (Lipinski definition) is 1. The summed E-state index contributed by atoms with van der Waals surface area (Å²) in [5.41, 5.74) is 3.70. The summed E-state index contributed by atoms with van der Waals surface area (Å²) in [5.74, 6) is 0.472. The summed E-state index contributed by atoms with van der Waals surface area (Å²) in [4.78, 5) is 15.0. The smallest absolute Gasteiger partial charge is 0.259 e. The molecule has 0 atom stereocenters. The predicted molar refractivity (Wildman–Crippen MR) is 98.2 cm³/mol. The molecular formula is C20H24N2O2. The standard InChI is InChI=1S/C20H24N2O2/c1-3-24-19-9-5-4-8-17(19)20(23)21-18-11-10-16(14-15(18)2)22-12-6-7-13-22/h4-5,8-11,14H,3,6-7,12-13H2,1-2H3,(H,21,23). The van der Waals surface area contributed by atoms with Crippen LogP contribution in [0.4, 0.5) is 11.4 Å². The third-order valence-electron chi connectivity index (χ3n) is 4.36. The Bertz CT molecular complexity index is 721. The lowest BCUT2D eigenvalue weighted by atomic mass is 10.1. The van der Waals surface area contributed by atoms with E-state index in [9.17, 15) is 4.79 Å². The van der Waals surface area contributed by atoms with Gasteiger partial charge in [0, 0.05) is 24.5 Å². The van der Waals surface area contributed by atoms with E-state index < -0.39 is 0 Å². The van der Waals surface area contributed by atoms with Crippen molar-refractivity contribution in [3.05, 3.63) is 53.6 Å². The first-order valence-corrected chi connectivity index (χ1v) is 8.58. The van der Waals surface area contributed by atoms with Gasteiger partial charge in [0.2, 0.25) is 0 Å². The maximum absolute atomic E-state index is 12.6. The minimum atomic E-state index is -0.143. The van der Waals surface area contributed by atoms with Crippen LogP contribution in [0.3, 0.4) is 0 Å². The Labute approximate surface area is 143 Å². The molecule has 0 aliphatic carbocycles. The molecule has 1 N–H and O–H groups in total. The Kier molecular flexibility index (Phi) is 5.04. The summed E-state index contributed by atoms with van der Waals surface area (Å²) in [7, 11) is 0. The molecule has 2 aromatic carbocycles. The second-order valence-electron chi connectivity index (χ2n) is 6.08. The lowest BCUT2D eigenvalue weighted by Gasteiger charge is -2.19. The van der Waals surface area contributed by atoms with Crippen molar-refractivity contribution in [1.29, 1.82) is 0 Å². The lowest BCUT2D eigenvalue weighted by molar-refractivity contribution is 0.102. The molecule has 0 bridgehead atoms. The third-order valence-corrected chi connectivity index (χ3v) is 4.36. The molecule has 1 amide bonds. The Morgan fingerprint density at radius 1 is 1.17 bits per heavy atom. The Hall–Kier alpha value is -2.49. The van der Waals surface area contributed by atoms with E-state index in [2.05, 4.69) is 22.3 Å². The van der Waals surface area contributed by atoms with Gasteiger partial charge in [0.05, 0.1) is 12.2 Å². The molecule has 126 valence electrons. The summed E-state index contributed by atoms with van der Waals surface area (Å²) in [6, 6.07) is 13.6. The summed E-state index contributed by atoms with van der Waals surface area (Å²) in [6.07, 6.45) is 2.51. The van der Waals surface area contributed by atoms with E-state index in [1.807, 2.05) is 38.1 Å². The molecule has 3 rings (SSSR count). The molecule has 1 aliphatic heterocycles. The fourth-order valence-electron chi connectivity index (χ4n) is 3.09. The number of nitrogens with one attached hydrogen (secondary N) is 1. The molecule has 1 aliphatic rings. The topological polar surface area (TPSA) is 41.6 Å². The first kappa shape index (κ1) is 16.4. The van der Waals surface area contributed by atoms with Crippen molar-refractivity contribution in [3.63, 3.8) is 0 Å². The number of benzene rings is 2. The van der Waals surface area contributed by atoms with E-state index in [0.29, 0.717) is 17.9 Å². The van der Waals surface area contributed by atoms with Gasteiger partial charge < -0.3 is 15.0 Å². The van der Waals surface area contributed by atoms with Gasteiger partial charge in [-0.1, -0.05) is 12.1 Å². The molecular weight excluding hydrogens is 300 g/mol. The minimum absolute atomic E-state index is 0.143. The van der Waals surface area contributed by atoms with Gasteiger partial charge in [0.1, 0.15) is 5.75 Å². The van der Waals surface area contributed by atoms with Crippen LogP contribution in [0.1, 0.15) is 35.7 Å². The number of nitrogens with zero attached hydrogens (tertiary/aromatic N) is 1. The average Bonchev–Trinajstić information content (AvgIpc) is 3.12. The molecule has 1 fully saturated rings. The summed E-state index contributed by atoms with van der Waals surface area (Å²) >= 11 is 0. The second-order valence-corrected chi connectivity index (χ2v) is 6.08. The van der Waals surface area contributed by atoms with Crippen molar-refractivity contribution in [2.45, 2.75) is 26.7 Å². The third kappa shape index (κ3) is 3.53. The van der Waals surface area contributed by atoms with Crippen LogP contribution in [-0.4, -0.2) is 25.6 Å². The molecule has 1 saturated heterocycles. The molecule has 0 unspecified atom stereocenters. The first-order chi connectivity index (χ1) is 11.7. The van der Waals surface area contributed by atoms with Crippen molar-refractivity contribution >= 4 is 17.3 Å². The number of carbonyl (C=O) groups excluding carboxylic acids is 1. The van der Waals surface area contributed by atoms with Crippen LogP contribution in [0, 0.1) is 6.92 Å². The largest absolute Gasteiger partial charge is 0.493 e. The van der Waals surface area contributed by atoms with E-state index in [1.54, 1.807) is 6.07 Å². The zero-order chi connectivity index (χ0) is 16.9. The fraction of sp³-hybridized carbons (Fsp3) is 0.350. The van der Waals surface area contributed by atoms with Crippen LogP contribution in [0.15, 0.2) is 42.5 Å². The summed E-state index contributed by atoms with van der Waals surface area (Å²) in [5, 5.41) is 3.01. The second kappa shape index (κ2) is 7.39. The van der Waals surface area contributed by atoms with Gasteiger partial charge in [0.15, 0.2) is 0 Å². The van der Waals surface area contributed by atoms with Crippen LogP contribution < -0.4 is 15.0 Å².